The first-order valence-corrected chi connectivity index (χ1v) is 24.2. The molecule has 0 radical (unpaired) electrons. The van der Waals surface area contributed by atoms with E-state index in [1.807, 2.05) is 119 Å². The van der Waals surface area contributed by atoms with Crippen LogP contribution in [0.5, 0.6) is 0 Å². The number of hydrogen-bond donors (Lipinski definition) is 2. The second kappa shape index (κ2) is 36.1. The van der Waals surface area contributed by atoms with Crippen molar-refractivity contribution >= 4 is 28.4 Å². The van der Waals surface area contributed by atoms with Crippen LogP contribution in [0.2, 0.25) is 0 Å². The van der Waals surface area contributed by atoms with Gasteiger partial charge in [-0.25, -0.2) is 9.97 Å². The maximum absolute atomic E-state index is 4.31. The Labute approximate surface area is 414 Å². The van der Waals surface area contributed by atoms with Crippen LogP contribution >= 0.6 is 0 Å². The molecule has 0 saturated carbocycles. The molecular formula is C59H104N8. The lowest BCUT2D eigenvalue weighted by molar-refractivity contribution is 0.527. The molecule has 0 bridgehead atoms. The minimum atomic E-state index is 0. The van der Waals surface area contributed by atoms with E-state index >= 15 is 0 Å². The number of hydrogen-bond acceptors (Lipinski definition) is 6. The summed E-state index contributed by atoms with van der Waals surface area (Å²) >= 11 is 0. The van der Waals surface area contributed by atoms with Gasteiger partial charge >= 0.3 is 0 Å². The highest BCUT2D eigenvalue weighted by molar-refractivity contribution is 5.82. The highest BCUT2D eigenvalue weighted by Gasteiger charge is 2.20. The van der Waals surface area contributed by atoms with Crippen molar-refractivity contribution < 1.29 is 0 Å². The molecule has 0 aliphatic carbocycles. The Bertz CT molecular complexity index is 1960. The molecule has 1 aliphatic heterocycles. The van der Waals surface area contributed by atoms with E-state index in [1.54, 1.807) is 18.6 Å². The smallest absolute Gasteiger partial charge is 0.156 e. The molecule has 0 saturated heterocycles. The molecule has 67 heavy (non-hydrogen) atoms. The zero-order valence-electron chi connectivity index (χ0n) is 46.2. The van der Waals surface area contributed by atoms with Crippen molar-refractivity contribution in [2.24, 2.45) is 10.4 Å². The summed E-state index contributed by atoms with van der Waals surface area (Å²) in [5.74, 6) is 0. The Morgan fingerprint density at radius 3 is 1.28 bits per heavy atom. The van der Waals surface area contributed by atoms with Gasteiger partial charge in [0.2, 0.25) is 0 Å². The SMILES string of the molecule is C.C.CC.CC.CC.CC.CC.CC(C)(C)C1=CCN=C1.CC(C)(C)c1c[nH]c2ncccc12.CC(C)(C)c1c[nH]c2nccnc12.CC(C)(C)c1cccnc1.CC(C)(C)c1ccncc1. The molecule has 0 amide bonds. The Balaban J connectivity index is -0.000000228. The molecule has 0 unspecified atom stereocenters. The second-order valence-electron chi connectivity index (χ2n) is 18.9. The third-order valence-corrected chi connectivity index (χ3v) is 8.96. The molecule has 8 heteroatoms. The van der Waals surface area contributed by atoms with Crippen LogP contribution in [0, 0.1) is 5.41 Å². The molecule has 6 aromatic heterocycles. The Hall–Kier alpha value is -4.98. The number of aliphatic imine (C=N–C) groups is 1. The molecule has 0 aromatic carbocycles. The lowest BCUT2D eigenvalue weighted by Crippen LogP contribution is -2.10. The fraction of sp³-hybridized carbons (Fsp3) is 0.559. The van der Waals surface area contributed by atoms with Gasteiger partial charge in [0.25, 0.3) is 0 Å². The van der Waals surface area contributed by atoms with Crippen molar-refractivity contribution in [1.29, 1.82) is 0 Å². The molecule has 7 rings (SSSR count). The topological polar surface area (TPSA) is 108 Å². The van der Waals surface area contributed by atoms with Crippen LogP contribution in [0.15, 0.2) is 109 Å². The van der Waals surface area contributed by atoms with E-state index in [0.29, 0.717) is 5.41 Å². The standard InChI is InChI=1S/C11H14N2.C10H13N3.2C9H13N.C8H13N.5C2H6.2CH4/c1-11(2,3)9-7-13-10-8(9)5-4-6-12-10;1-10(2,3)7-6-13-9-8(7)11-4-5-12-9;1-9(2,3)8-4-6-10-7-5-8;1-9(2,3)8-5-4-6-10-7-8;1-8(2,3)7-4-5-9-6-7;5*1-2;;/h4-7H,1-3H3,(H,12,13);4-6H,1-3H3,(H,12,13);2*4-7H,1-3H3;4,6H,5H2,1-3H3;5*1-2H3;2*1H4. The van der Waals surface area contributed by atoms with Crippen LogP contribution in [0.25, 0.3) is 22.2 Å². The number of pyridine rings is 3. The van der Waals surface area contributed by atoms with Gasteiger partial charge in [0.05, 0.1) is 6.54 Å². The van der Waals surface area contributed by atoms with Crippen LogP contribution in [0.1, 0.15) is 210 Å². The minimum absolute atomic E-state index is 0. The van der Waals surface area contributed by atoms with Crippen LogP contribution in [-0.4, -0.2) is 47.6 Å². The van der Waals surface area contributed by atoms with Gasteiger partial charge in [-0.2, -0.15) is 0 Å². The largest absolute Gasteiger partial charge is 0.346 e. The normalized spacial score (nSPS) is 11.1. The van der Waals surface area contributed by atoms with E-state index < -0.39 is 0 Å². The number of nitrogens with one attached hydrogen (secondary N) is 2. The number of nitrogens with zero attached hydrogens (tertiary/aromatic N) is 6. The fourth-order valence-electron chi connectivity index (χ4n) is 5.51. The average molecular weight is 926 g/mol. The predicted octanol–water partition coefficient (Wildman–Crippen LogP) is 18.3. The minimum Gasteiger partial charge on any atom is -0.346 e. The number of fused-ring (bicyclic) bond motifs is 2. The van der Waals surface area contributed by atoms with E-state index in [0.717, 1.165) is 23.4 Å². The number of aromatic amines is 2. The first-order chi connectivity index (χ1) is 30.5. The van der Waals surface area contributed by atoms with Crippen molar-refractivity contribution in [3.05, 3.63) is 126 Å². The predicted molar refractivity (Wildman–Crippen MR) is 304 cm³/mol. The van der Waals surface area contributed by atoms with Crippen LogP contribution in [0.4, 0.5) is 0 Å². The van der Waals surface area contributed by atoms with E-state index in [9.17, 15) is 0 Å². The average Bonchev–Trinajstić information content (AvgIpc) is 4.09. The lowest BCUT2D eigenvalue weighted by Gasteiger charge is -2.17. The van der Waals surface area contributed by atoms with Gasteiger partial charge < -0.3 is 9.97 Å². The monoisotopic (exact) mass is 925 g/mol. The van der Waals surface area contributed by atoms with Gasteiger partial charge in [0.15, 0.2) is 5.65 Å². The first-order valence-electron chi connectivity index (χ1n) is 24.2. The van der Waals surface area contributed by atoms with Crippen molar-refractivity contribution in [3.8, 4) is 0 Å². The molecule has 1 aliphatic rings. The van der Waals surface area contributed by atoms with Gasteiger partial charge in [0, 0.05) is 72.9 Å². The van der Waals surface area contributed by atoms with Crippen molar-refractivity contribution in [2.45, 2.75) is 210 Å². The number of rotatable bonds is 0. The van der Waals surface area contributed by atoms with Gasteiger partial charge in [-0.15, -0.1) is 0 Å². The number of allylic oxidation sites excluding steroid dienone is 1. The maximum Gasteiger partial charge on any atom is 0.156 e. The third-order valence-electron chi connectivity index (χ3n) is 8.96. The molecule has 0 fully saturated rings. The van der Waals surface area contributed by atoms with Gasteiger partial charge in [-0.3, -0.25) is 19.9 Å². The van der Waals surface area contributed by atoms with Gasteiger partial charge in [-0.05, 0) is 79.7 Å². The summed E-state index contributed by atoms with van der Waals surface area (Å²) in [6.07, 6.45) is 20.8. The van der Waals surface area contributed by atoms with Crippen molar-refractivity contribution in [1.82, 2.24) is 34.9 Å². The molecule has 8 nitrogen and oxygen atoms in total. The highest BCUT2D eigenvalue weighted by Crippen LogP contribution is 2.29. The van der Waals surface area contributed by atoms with E-state index in [2.05, 4.69) is 180 Å². The quantitative estimate of drug-likeness (QED) is 0.158. The molecule has 380 valence electrons. The van der Waals surface area contributed by atoms with Crippen LogP contribution in [0.3, 0.4) is 0 Å². The fourth-order valence-corrected chi connectivity index (χ4v) is 5.51. The summed E-state index contributed by atoms with van der Waals surface area (Å²) < 4.78 is 0. The molecule has 0 spiro atoms. The summed E-state index contributed by atoms with van der Waals surface area (Å²) in [5.41, 5.74) is 10.4. The van der Waals surface area contributed by atoms with Crippen molar-refractivity contribution in [2.75, 3.05) is 6.54 Å². The van der Waals surface area contributed by atoms with E-state index in [1.165, 1.54) is 33.2 Å². The second-order valence-corrected chi connectivity index (χ2v) is 18.9. The zero-order chi connectivity index (χ0) is 51.1. The van der Waals surface area contributed by atoms with Gasteiger partial charge in [0.1, 0.15) is 11.2 Å². The lowest BCUT2D eigenvalue weighted by atomic mass is 9.87. The maximum atomic E-state index is 4.31. The Kier molecular flexibility index (Phi) is 38.3. The first kappa shape index (κ1) is 71.0. The van der Waals surface area contributed by atoms with Crippen LogP contribution < -0.4 is 0 Å². The van der Waals surface area contributed by atoms with Crippen LogP contribution in [-0.2, 0) is 21.7 Å². The number of H-pyrrole nitrogens is 2. The molecule has 6 aromatic rings. The van der Waals surface area contributed by atoms with Crippen molar-refractivity contribution in [3.63, 3.8) is 0 Å². The summed E-state index contributed by atoms with van der Waals surface area (Å²) in [6.45, 7) is 53.8. The van der Waals surface area contributed by atoms with E-state index in [4.69, 9.17) is 0 Å². The highest BCUT2D eigenvalue weighted by atomic mass is 14.9. The molecule has 2 N–H and O–H groups in total. The molecular weight excluding hydrogens is 821 g/mol. The Morgan fingerprint density at radius 1 is 0.433 bits per heavy atom. The Morgan fingerprint density at radius 2 is 0.896 bits per heavy atom. The van der Waals surface area contributed by atoms with E-state index in [-0.39, 0.29) is 36.5 Å². The molecule has 7 heterocycles. The molecule has 0 atom stereocenters. The van der Waals surface area contributed by atoms with Gasteiger partial charge in [-0.1, -0.05) is 200 Å². The summed E-state index contributed by atoms with van der Waals surface area (Å²) in [6, 6.07) is 12.3. The number of aromatic nitrogens is 7. The third kappa shape index (κ3) is 27.4. The zero-order valence-corrected chi connectivity index (χ0v) is 46.2. The summed E-state index contributed by atoms with van der Waals surface area (Å²) in [7, 11) is 0. The summed E-state index contributed by atoms with van der Waals surface area (Å²) in [4.78, 5) is 31.2. The summed E-state index contributed by atoms with van der Waals surface area (Å²) in [5, 5.41) is 1.23.